The fraction of sp³-hybridized carbons (Fsp3) is 0.0952. The molecule has 0 bridgehead atoms. The van der Waals surface area contributed by atoms with Crippen LogP contribution < -0.4 is 15.2 Å². The molecule has 0 unspecified atom stereocenters. The lowest BCUT2D eigenvalue weighted by Crippen LogP contribution is -2.33. The molecule has 0 radical (unpaired) electrons. The molecule has 0 amide bonds. The molecule has 6 nitrogen and oxygen atoms in total. The van der Waals surface area contributed by atoms with Crippen LogP contribution in [0, 0.1) is 18.3 Å². The molecule has 4 aromatic rings. The highest BCUT2D eigenvalue weighted by Gasteiger charge is 2.27. The van der Waals surface area contributed by atoms with Gasteiger partial charge in [0.25, 0.3) is 5.82 Å². The third kappa shape index (κ3) is 2.66. The SMILES string of the molecule is COc1ccc(-c2c(C#N)c(N)nc3c2c(C)[nH][n+]3-c2ccccc2)cc1. The van der Waals surface area contributed by atoms with Gasteiger partial charge in [-0.3, -0.25) is 0 Å². The molecule has 6 heteroatoms. The van der Waals surface area contributed by atoms with Gasteiger partial charge in [-0.05, 0) is 41.7 Å². The lowest BCUT2D eigenvalue weighted by atomic mass is 9.97. The Morgan fingerprint density at radius 1 is 1.11 bits per heavy atom. The largest absolute Gasteiger partial charge is 0.497 e. The second-order valence-corrected chi connectivity index (χ2v) is 6.19. The highest BCUT2D eigenvalue weighted by atomic mass is 16.5. The normalized spacial score (nSPS) is 10.7. The van der Waals surface area contributed by atoms with Gasteiger partial charge in [-0.25, -0.2) is 5.10 Å². The number of hydrogen-bond donors (Lipinski definition) is 2. The summed E-state index contributed by atoms with van der Waals surface area (Å²) in [4.78, 5) is 4.53. The second kappa shape index (κ2) is 6.46. The first-order chi connectivity index (χ1) is 13.1. The van der Waals surface area contributed by atoms with Crippen molar-refractivity contribution in [3.05, 3.63) is 65.9 Å². The number of fused-ring (bicyclic) bond motifs is 1. The van der Waals surface area contributed by atoms with Gasteiger partial charge in [0.15, 0.2) is 5.69 Å². The zero-order chi connectivity index (χ0) is 19.0. The topological polar surface area (TPSA) is 91.6 Å². The summed E-state index contributed by atoms with van der Waals surface area (Å²) in [5.74, 6) is 0.958. The van der Waals surface area contributed by atoms with Crippen LogP contribution in [0.15, 0.2) is 54.6 Å². The number of aromatic nitrogens is 3. The van der Waals surface area contributed by atoms with E-state index in [9.17, 15) is 5.26 Å². The van der Waals surface area contributed by atoms with E-state index >= 15 is 0 Å². The summed E-state index contributed by atoms with van der Waals surface area (Å²) in [5, 5.41) is 13.9. The predicted molar refractivity (Wildman–Crippen MR) is 103 cm³/mol. The van der Waals surface area contributed by atoms with Crippen LogP contribution in [0.5, 0.6) is 5.75 Å². The van der Waals surface area contributed by atoms with Crippen LogP contribution in [0.3, 0.4) is 0 Å². The number of methoxy groups -OCH3 is 1. The molecule has 27 heavy (non-hydrogen) atoms. The number of pyridine rings is 1. The second-order valence-electron chi connectivity index (χ2n) is 6.19. The van der Waals surface area contributed by atoms with Crippen molar-refractivity contribution in [1.29, 1.82) is 5.26 Å². The van der Waals surface area contributed by atoms with Crippen molar-refractivity contribution in [1.82, 2.24) is 10.1 Å². The average molecular weight is 356 g/mol. The van der Waals surface area contributed by atoms with E-state index in [2.05, 4.69) is 16.2 Å². The monoisotopic (exact) mass is 356 g/mol. The number of rotatable bonds is 3. The standard InChI is InChI=1S/C21H17N5O/c1-13-18-19(14-8-10-16(27-2)11-9-14)17(12-22)20(23)24-21(18)26(25-13)15-6-4-3-5-7-15/h3-11H,1-2H3,(H2,23,24,25)/p+1. The van der Waals surface area contributed by atoms with Crippen molar-refractivity contribution in [3.63, 3.8) is 0 Å². The molecule has 132 valence electrons. The summed E-state index contributed by atoms with van der Waals surface area (Å²) in [6.45, 7) is 1.97. The summed E-state index contributed by atoms with van der Waals surface area (Å²) in [6.07, 6.45) is 0. The van der Waals surface area contributed by atoms with Crippen LogP contribution in [0.25, 0.3) is 27.8 Å². The molecule has 0 atom stereocenters. The molecule has 2 aromatic heterocycles. The van der Waals surface area contributed by atoms with Crippen molar-refractivity contribution in [2.45, 2.75) is 6.92 Å². The first kappa shape index (κ1) is 16.6. The Morgan fingerprint density at radius 3 is 2.44 bits per heavy atom. The fourth-order valence-corrected chi connectivity index (χ4v) is 3.31. The maximum atomic E-state index is 9.72. The van der Waals surface area contributed by atoms with Gasteiger partial charge in [0.1, 0.15) is 22.8 Å². The molecule has 2 aromatic carbocycles. The average Bonchev–Trinajstić information content (AvgIpc) is 3.03. The van der Waals surface area contributed by atoms with E-state index in [-0.39, 0.29) is 5.82 Å². The number of para-hydroxylation sites is 1. The van der Waals surface area contributed by atoms with E-state index in [4.69, 9.17) is 10.5 Å². The summed E-state index contributed by atoms with van der Waals surface area (Å²) in [5.41, 5.74) is 10.7. The van der Waals surface area contributed by atoms with Crippen LogP contribution in [0.2, 0.25) is 0 Å². The lowest BCUT2D eigenvalue weighted by molar-refractivity contribution is -0.632. The fourth-order valence-electron chi connectivity index (χ4n) is 3.31. The van der Waals surface area contributed by atoms with Gasteiger partial charge in [0.05, 0.1) is 12.8 Å². The minimum Gasteiger partial charge on any atom is -0.497 e. The number of nitrogens with two attached hydrogens (primary N) is 1. The number of hydrogen-bond acceptors (Lipinski definition) is 4. The number of benzene rings is 2. The first-order valence-corrected chi connectivity index (χ1v) is 8.47. The third-order valence-electron chi connectivity index (χ3n) is 4.58. The minimum atomic E-state index is 0.208. The van der Waals surface area contributed by atoms with Crippen molar-refractivity contribution in [3.8, 4) is 28.6 Å². The smallest absolute Gasteiger partial charge is 0.359 e. The van der Waals surface area contributed by atoms with Gasteiger partial charge in [0.2, 0.25) is 0 Å². The van der Waals surface area contributed by atoms with Gasteiger partial charge in [-0.1, -0.05) is 30.3 Å². The van der Waals surface area contributed by atoms with E-state index in [1.54, 1.807) is 7.11 Å². The third-order valence-corrected chi connectivity index (χ3v) is 4.58. The predicted octanol–water partition coefficient (Wildman–Crippen LogP) is 3.28. The van der Waals surface area contributed by atoms with Gasteiger partial charge in [0, 0.05) is 5.56 Å². The van der Waals surface area contributed by atoms with Crippen LogP contribution in [-0.4, -0.2) is 17.2 Å². The Kier molecular flexibility index (Phi) is 3.98. The zero-order valence-electron chi connectivity index (χ0n) is 15.0. The minimum absolute atomic E-state index is 0.208. The summed E-state index contributed by atoms with van der Waals surface area (Å²) < 4.78 is 7.13. The van der Waals surface area contributed by atoms with Crippen molar-refractivity contribution in [2.75, 3.05) is 12.8 Å². The molecule has 4 rings (SSSR count). The zero-order valence-corrected chi connectivity index (χ0v) is 15.0. The van der Waals surface area contributed by atoms with Gasteiger partial charge >= 0.3 is 5.65 Å². The number of aryl methyl sites for hydroxylation is 1. The van der Waals surface area contributed by atoms with Gasteiger partial charge in [-0.2, -0.15) is 5.26 Å². The van der Waals surface area contributed by atoms with Crippen LogP contribution >= 0.6 is 0 Å². The highest BCUT2D eigenvalue weighted by Crippen LogP contribution is 2.35. The van der Waals surface area contributed by atoms with E-state index in [0.717, 1.165) is 33.6 Å². The number of anilines is 1. The van der Waals surface area contributed by atoms with Gasteiger partial charge in [-0.15, -0.1) is 4.68 Å². The quantitative estimate of drug-likeness (QED) is 0.551. The van der Waals surface area contributed by atoms with Crippen molar-refractivity contribution < 1.29 is 9.42 Å². The molecule has 0 aliphatic rings. The Morgan fingerprint density at radius 2 is 1.81 bits per heavy atom. The molecule has 0 saturated heterocycles. The Bertz CT molecular complexity index is 1170. The molecule has 0 aliphatic heterocycles. The van der Waals surface area contributed by atoms with E-state index in [1.165, 1.54) is 0 Å². The van der Waals surface area contributed by atoms with Crippen LogP contribution in [0.1, 0.15) is 11.3 Å². The summed E-state index contributed by atoms with van der Waals surface area (Å²) >= 11 is 0. The number of nitriles is 1. The van der Waals surface area contributed by atoms with E-state index in [0.29, 0.717) is 11.2 Å². The number of nitrogens with one attached hydrogen (secondary N) is 1. The van der Waals surface area contributed by atoms with E-state index in [1.807, 2.05) is 66.2 Å². The molecule has 0 saturated carbocycles. The molecule has 0 fully saturated rings. The van der Waals surface area contributed by atoms with Crippen molar-refractivity contribution >= 4 is 16.9 Å². The molecular formula is C21H18N5O+. The molecule has 0 spiro atoms. The number of H-pyrrole nitrogens is 1. The summed E-state index contributed by atoms with van der Waals surface area (Å²) in [7, 11) is 1.62. The lowest BCUT2D eigenvalue weighted by Gasteiger charge is -2.07. The molecular weight excluding hydrogens is 338 g/mol. The first-order valence-electron chi connectivity index (χ1n) is 8.47. The molecule has 2 heterocycles. The number of nitrogen functional groups attached to an aromatic ring is 1. The van der Waals surface area contributed by atoms with Crippen LogP contribution in [-0.2, 0) is 0 Å². The number of nitrogens with zero attached hydrogens (tertiary/aromatic N) is 3. The molecule has 3 N–H and O–H groups in total. The van der Waals surface area contributed by atoms with Crippen molar-refractivity contribution in [2.24, 2.45) is 0 Å². The maximum Gasteiger partial charge on any atom is 0.359 e. The maximum absolute atomic E-state index is 9.72. The Hall–Kier alpha value is -3.85. The van der Waals surface area contributed by atoms with E-state index < -0.39 is 0 Å². The van der Waals surface area contributed by atoms with Crippen LogP contribution in [0.4, 0.5) is 5.82 Å². The summed E-state index contributed by atoms with van der Waals surface area (Å²) in [6, 6.07) is 19.6. The molecule has 0 aliphatic carbocycles. The Balaban J connectivity index is 2.08. The van der Waals surface area contributed by atoms with Gasteiger partial charge < -0.3 is 10.5 Å². The highest BCUT2D eigenvalue weighted by molar-refractivity contribution is 5.98. The number of aromatic amines is 1. The number of ether oxygens (including phenoxy) is 1. The Labute approximate surface area is 156 Å².